The van der Waals surface area contributed by atoms with E-state index in [2.05, 4.69) is 26.6 Å². The van der Waals surface area contributed by atoms with Gasteiger partial charge in [-0.1, -0.05) is 15.9 Å². The SMILES string of the molecule is Cc1cc(Br)cc(C(=O)NC2CCCCNC2=O)c1. The number of hydrogen-bond acceptors (Lipinski definition) is 2. The summed E-state index contributed by atoms with van der Waals surface area (Å²) in [5.74, 6) is -0.288. The molecule has 2 N–H and O–H groups in total. The second-order valence-corrected chi connectivity index (χ2v) is 5.75. The summed E-state index contributed by atoms with van der Waals surface area (Å²) in [7, 11) is 0. The molecule has 2 rings (SSSR count). The molecular weight excluding hydrogens is 308 g/mol. The van der Waals surface area contributed by atoms with Crippen LogP contribution in [0.3, 0.4) is 0 Å². The van der Waals surface area contributed by atoms with Crippen LogP contribution >= 0.6 is 15.9 Å². The fourth-order valence-electron chi connectivity index (χ4n) is 2.19. The summed E-state index contributed by atoms with van der Waals surface area (Å²) in [6.45, 7) is 2.63. The van der Waals surface area contributed by atoms with E-state index in [1.807, 2.05) is 19.1 Å². The number of nitrogens with one attached hydrogen (secondary N) is 2. The Balaban J connectivity index is 2.09. The van der Waals surface area contributed by atoms with Gasteiger partial charge in [0.15, 0.2) is 0 Å². The van der Waals surface area contributed by atoms with Gasteiger partial charge < -0.3 is 10.6 Å². The average Bonchev–Trinajstić information content (AvgIpc) is 2.54. The van der Waals surface area contributed by atoms with Crippen LogP contribution in [0.25, 0.3) is 0 Å². The third-order valence-electron chi connectivity index (χ3n) is 3.14. The monoisotopic (exact) mass is 324 g/mol. The summed E-state index contributed by atoms with van der Waals surface area (Å²) in [6, 6.07) is 5.09. The van der Waals surface area contributed by atoms with E-state index in [1.54, 1.807) is 6.07 Å². The van der Waals surface area contributed by atoms with Crippen LogP contribution in [0.1, 0.15) is 35.2 Å². The topological polar surface area (TPSA) is 58.2 Å². The molecule has 1 saturated heterocycles. The molecule has 0 aromatic heterocycles. The predicted octanol–water partition coefficient (Wildman–Crippen LogP) is 2.16. The van der Waals surface area contributed by atoms with Crippen LogP contribution < -0.4 is 10.6 Å². The predicted molar refractivity (Wildman–Crippen MR) is 77.0 cm³/mol. The van der Waals surface area contributed by atoms with Crippen molar-refractivity contribution in [2.75, 3.05) is 6.54 Å². The molecule has 0 radical (unpaired) electrons. The lowest BCUT2D eigenvalue weighted by Gasteiger charge is -2.15. The number of halogens is 1. The fraction of sp³-hybridized carbons (Fsp3) is 0.429. The van der Waals surface area contributed by atoms with Gasteiger partial charge in [0.2, 0.25) is 5.91 Å². The quantitative estimate of drug-likeness (QED) is 0.875. The molecule has 1 aliphatic heterocycles. The Hall–Kier alpha value is -1.36. The van der Waals surface area contributed by atoms with Gasteiger partial charge in [-0.05, 0) is 49.9 Å². The number of rotatable bonds is 2. The average molecular weight is 325 g/mol. The Labute approximate surface area is 121 Å². The van der Waals surface area contributed by atoms with Crippen LogP contribution in [0.15, 0.2) is 22.7 Å². The molecule has 1 aromatic rings. The lowest BCUT2D eigenvalue weighted by atomic mass is 10.1. The first-order valence-electron chi connectivity index (χ1n) is 6.42. The maximum Gasteiger partial charge on any atom is 0.251 e. The molecule has 0 aliphatic carbocycles. The standard InChI is InChI=1S/C14H17BrN2O2/c1-9-6-10(8-11(15)7-9)13(18)17-12-4-2-3-5-16-14(12)19/h6-8,12H,2-5H2,1H3,(H,16,19)(H,17,18). The van der Waals surface area contributed by atoms with E-state index in [0.29, 0.717) is 18.5 Å². The number of benzene rings is 1. The van der Waals surface area contributed by atoms with Crippen molar-refractivity contribution in [2.45, 2.75) is 32.2 Å². The molecule has 1 atom stereocenters. The molecule has 0 saturated carbocycles. The zero-order chi connectivity index (χ0) is 13.8. The van der Waals surface area contributed by atoms with Gasteiger partial charge in [-0.2, -0.15) is 0 Å². The van der Waals surface area contributed by atoms with Gasteiger partial charge in [0.05, 0.1) is 0 Å². The van der Waals surface area contributed by atoms with Gasteiger partial charge in [-0.25, -0.2) is 0 Å². The molecule has 1 aliphatic rings. The van der Waals surface area contributed by atoms with Crippen molar-refractivity contribution in [3.63, 3.8) is 0 Å². The Kier molecular flexibility index (Phi) is 4.58. The van der Waals surface area contributed by atoms with Gasteiger partial charge in [0.25, 0.3) is 5.91 Å². The van der Waals surface area contributed by atoms with Crippen LogP contribution in [0.2, 0.25) is 0 Å². The highest BCUT2D eigenvalue weighted by Crippen LogP contribution is 2.16. The third-order valence-corrected chi connectivity index (χ3v) is 3.60. The Morgan fingerprint density at radius 3 is 2.89 bits per heavy atom. The van der Waals surface area contributed by atoms with Crippen molar-refractivity contribution in [1.82, 2.24) is 10.6 Å². The molecule has 2 amide bonds. The van der Waals surface area contributed by atoms with E-state index < -0.39 is 6.04 Å². The van der Waals surface area contributed by atoms with Gasteiger partial charge >= 0.3 is 0 Å². The molecule has 1 unspecified atom stereocenters. The van der Waals surface area contributed by atoms with E-state index in [0.717, 1.165) is 22.9 Å². The first kappa shape index (κ1) is 14.1. The molecule has 0 bridgehead atoms. The summed E-state index contributed by atoms with van der Waals surface area (Å²) in [5.41, 5.74) is 1.58. The van der Waals surface area contributed by atoms with Crippen molar-refractivity contribution in [2.24, 2.45) is 0 Å². The maximum absolute atomic E-state index is 12.2. The maximum atomic E-state index is 12.2. The second kappa shape index (κ2) is 6.19. The molecule has 1 aromatic carbocycles. The summed E-state index contributed by atoms with van der Waals surface area (Å²) in [5, 5.41) is 5.62. The normalized spacial score (nSPS) is 19.5. The van der Waals surface area contributed by atoms with Gasteiger partial charge in [-0.15, -0.1) is 0 Å². The largest absolute Gasteiger partial charge is 0.354 e. The Morgan fingerprint density at radius 2 is 2.16 bits per heavy atom. The zero-order valence-corrected chi connectivity index (χ0v) is 12.4. The van der Waals surface area contributed by atoms with E-state index in [4.69, 9.17) is 0 Å². The van der Waals surface area contributed by atoms with E-state index in [-0.39, 0.29) is 11.8 Å². The molecular formula is C14H17BrN2O2. The highest BCUT2D eigenvalue weighted by Gasteiger charge is 2.22. The van der Waals surface area contributed by atoms with E-state index >= 15 is 0 Å². The lowest BCUT2D eigenvalue weighted by Crippen LogP contribution is -2.45. The van der Waals surface area contributed by atoms with Crippen LogP contribution in [0, 0.1) is 6.92 Å². The Bertz CT molecular complexity index is 482. The first-order chi connectivity index (χ1) is 9.06. The van der Waals surface area contributed by atoms with Gasteiger partial charge in [0.1, 0.15) is 6.04 Å². The minimum absolute atomic E-state index is 0.0856. The molecule has 0 spiro atoms. The molecule has 5 heteroatoms. The molecule has 102 valence electrons. The van der Waals surface area contributed by atoms with Crippen molar-refractivity contribution < 1.29 is 9.59 Å². The number of amides is 2. The Morgan fingerprint density at radius 1 is 1.37 bits per heavy atom. The number of carbonyl (C=O) groups excluding carboxylic acids is 2. The van der Waals surface area contributed by atoms with E-state index in [9.17, 15) is 9.59 Å². The van der Waals surface area contributed by atoms with Crippen molar-refractivity contribution in [3.05, 3.63) is 33.8 Å². The van der Waals surface area contributed by atoms with E-state index in [1.165, 1.54) is 0 Å². The smallest absolute Gasteiger partial charge is 0.251 e. The van der Waals surface area contributed by atoms with Crippen LogP contribution in [-0.4, -0.2) is 24.4 Å². The highest BCUT2D eigenvalue weighted by molar-refractivity contribution is 9.10. The zero-order valence-electron chi connectivity index (χ0n) is 10.8. The molecule has 1 fully saturated rings. The van der Waals surface area contributed by atoms with Crippen LogP contribution in [0.5, 0.6) is 0 Å². The van der Waals surface area contributed by atoms with Gasteiger partial charge in [0, 0.05) is 16.6 Å². The number of aryl methyl sites for hydroxylation is 1. The first-order valence-corrected chi connectivity index (χ1v) is 7.21. The van der Waals surface area contributed by atoms with Crippen LogP contribution in [-0.2, 0) is 4.79 Å². The van der Waals surface area contributed by atoms with Crippen LogP contribution in [0.4, 0.5) is 0 Å². The lowest BCUT2D eigenvalue weighted by molar-refractivity contribution is -0.122. The second-order valence-electron chi connectivity index (χ2n) is 4.83. The third kappa shape index (κ3) is 3.80. The van der Waals surface area contributed by atoms with Gasteiger partial charge in [-0.3, -0.25) is 9.59 Å². The summed E-state index contributed by atoms with van der Waals surface area (Å²) >= 11 is 3.37. The minimum Gasteiger partial charge on any atom is -0.354 e. The summed E-state index contributed by atoms with van der Waals surface area (Å²) in [6.07, 6.45) is 2.61. The fourth-order valence-corrected chi connectivity index (χ4v) is 2.79. The highest BCUT2D eigenvalue weighted by atomic mass is 79.9. The minimum atomic E-state index is -0.422. The van der Waals surface area contributed by atoms with Crippen molar-refractivity contribution >= 4 is 27.7 Å². The summed E-state index contributed by atoms with van der Waals surface area (Å²) in [4.78, 5) is 23.9. The van der Waals surface area contributed by atoms with Crippen molar-refractivity contribution in [3.8, 4) is 0 Å². The summed E-state index contributed by atoms with van der Waals surface area (Å²) < 4.78 is 0.864. The molecule has 4 nitrogen and oxygen atoms in total. The molecule has 1 heterocycles. The molecule has 19 heavy (non-hydrogen) atoms. The number of carbonyl (C=O) groups is 2. The van der Waals surface area contributed by atoms with Crippen molar-refractivity contribution in [1.29, 1.82) is 0 Å². The number of hydrogen-bond donors (Lipinski definition) is 2.